The molecule has 0 saturated carbocycles. The summed E-state index contributed by atoms with van der Waals surface area (Å²) >= 11 is 0. The standard InChI is InChI=1S/C12H21N3O/c1-9(2)11-10(4-7-16-11)8-14-12(13)15-5-3-6-15/h10-11H,1,3-8H2,2H3,(H2,13,14). The van der Waals surface area contributed by atoms with Gasteiger partial charge in [-0.15, -0.1) is 0 Å². The molecule has 2 N–H and O–H groups in total. The number of ether oxygens (including phenoxy) is 1. The zero-order chi connectivity index (χ0) is 11.5. The third-order valence-corrected chi connectivity index (χ3v) is 3.37. The van der Waals surface area contributed by atoms with Crippen molar-refractivity contribution in [2.24, 2.45) is 16.6 Å². The van der Waals surface area contributed by atoms with E-state index in [9.17, 15) is 0 Å². The third kappa shape index (κ3) is 2.38. The fraction of sp³-hybridized carbons (Fsp3) is 0.750. The van der Waals surface area contributed by atoms with Crippen molar-refractivity contribution in [3.63, 3.8) is 0 Å². The van der Waals surface area contributed by atoms with Gasteiger partial charge in [-0.1, -0.05) is 12.2 Å². The molecule has 90 valence electrons. The van der Waals surface area contributed by atoms with Crippen molar-refractivity contribution in [2.45, 2.75) is 25.9 Å². The molecule has 0 aromatic heterocycles. The summed E-state index contributed by atoms with van der Waals surface area (Å²) in [5.41, 5.74) is 6.99. The van der Waals surface area contributed by atoms with Crippen LogP contribution in [0.25, 0.3) is 0 Å². The van der Waals surface area contributed by atoms with Crippen molar-refractivity contribution < 1.29 is 4.74 Å². The van der Waals surface area contributed by atoms with E-state index in [4.69, 9.17) is 10.5 Å². The molecule has 0 radical (unpaired) electrons. The molecule has 2 heterocycles. The summed E-state index contributed by atoms with van der Waals surface area (Å²) in [6.45, 7) is 9.68. The molecule has 2 rings (SSSR count). The van der Waals surface area contributed by atoms with Crippen LogP contribution in [0, 0.1) is 5.92 Å². The maximum atomic E-state index is 5.89. The average molecular weight is 223 g/mol. The maximum absolute atomic E-state index is 5.89. The Hall–Kier alpha value is -1.03. The predicted octanol–water partition coefficient (Wildman–Crippen LogP) is 0.988. The molecule has 2 atom stereocenters. The van der Waals surface area contributed by atoms with E-state index in [1.54, 1.807) is 0 Å². The van der Waals surface area contributed by atoms with Gasteiger partial charge in [0, 0.05) is 32.2 Å². The molecule has 0 aliphatic carbocycles. The lowest BCUT2D eigenvalue weighted by Gasteiger charge is -2.32. The van der Waals surface area contributed by atoms with E-state index >= 15 is 0 Å². The lowest BCUT2D eigenvalue weighted by molar-refractivity contribution is 0.120. The number of likely N-dealkylation sites (tertiary alicyclic amines) is 1. The Kier molecular flexibility index (Phi) is 3.49. The predicted molar refractivity (Wildman–Crippen MR) is 65.3 cm³/mol. The van der Waals surface area contributed by atoms with Gasteiger partial charge in [-0.2, -0.15) is 0 Å². The number of nitrogens with zero attached hydrogens (tertiary/aromatic N) is 2. The molecule has 0 aromatic carbocycles. The molecule has 2 fully saturated rings. The lowest BCUT2D eigenvalue weighted by Crippen LogP contribution is -2.46. The van der Waals surface area contributed by atoms with Crippen LogP contribution in [0.3, 0.4) is 0 Å². The van der Waals surface area contributed by atoms with Gasteiger partial charge < -0.3 is 15.4 Å². The molecule has 4 nitrogen and oxygen atoms in total. The van der Waals surface area contributed by atoms with Gasteiger partial charge in [0.2, 0.25) is 0 Å². The van der Waals surface area contributed by atoms with Crippen LogP contribution in [-0.2, 0) is 4.74 Å². The summed E-state index contributed by atoms with van der Waals surface area (Å²) in [5.74, 6) is 1.15. The van der Waals surface area contributed by atoms with Gasteiger partial charge in [0.1, 0.15) is 0 Å². The Balaban J connectivity index is 1.86. The molecule has 0 aromatic rings. The van der Waals surface area contributed by atoms with Crippen molar-refractivity contribution in [3.8, 4) is 0 Å². The van der Waals surface area contributed by atoms with Gasteiger partial charge in [-0.25, -0.2) is 0 Å². The second-order valence-corrected chi connectivity index (χ2v) is 4.73. The minimum absolute atomic E-state index is 0.174. The van der Waals surface area contributed by atoms with Crippen LogP contribution in [0.4, 0.5) is 0 Å². The van der Waals surface area contributed by atoms with Crippen LogP contribution in [0.15, 0.2) is 17.1 Å². The summed E-state index contributed by atoms with van der Waals surface area (Å²) in [7, 11) is 0. The van der Waals surface area contributed by atoms with Crippen molar-refractivity contribution in [2.75, 3.05) is 26.2 Å². The first kappa shape index (κ1) is 11.5. The maximum Gasteiger partial charge on any atom is 0.191 e. The lowest BCUT2D eigenvalue weighted by atomic mass is 9.97. The molecule has 2 aliphatic rings. The first-order valence-electron chi connectivity index (χ1n) is 6.00. The zero-order valence-corrected chi connectivity index (χ0v) is 9.98. The number of hydrogen-bond acceptors (Lipinski definition) is 2. The summed E-state index contributed by atoms with van der Waals surface area (Å²) in [6.07, 6.45) is 2.47. The molecule has 0 bridgehead atoms. The zero-order valence-electron chi connectivity index (χ0n) is 9.98. The van der Waals surface area contributed by atoms with E-state index < -0.39 is 0 Å². The van der Waals surface area contributed by atoms with Crippen LogP contribution in [0.1, 0.15) is 19.8 Å². The van der Waals surface area contributed by atoms with E-state index in [0.29, 0.717) is 11.9 Å². The molecule has 4 heteroatoms. The number of rotatable bonds is 3. The monoisotopic (exact) mass is 223 g/mol. The van der Waals surface area contributed by atoms with Gasteiger partial charge in [-0.3, -0.25) is 4.99 Å². The Morgan fingerprint density at radius 3 is 2.88 bits per heavy atom. The summed E-state index contributed by atoms with van der Waals surface area (Å²) in [6, 6.07) is 0. The van der Waals surface area contributed by atoms with Gasteiger partial charge in [0.25, 0.3) is 0 Å². The summed E-state index contributed by atoms with van der Waals surface area (Å²) in [4.78, 5) is 6.58. The van der Waals surface area contributed by atoms with Crippen LogP contribution in [0.2, 0.25) is 0 Å². The second kappa shape index (κ2) is 4.87. The summed E-state index contributed by atoms with van der Waals surface area (Å²) < 4.78 is 5.64. The number of aliphatic imine (C=N–C) groups is 1. The first-order valence-corrected chi connectivity index (χ1v) is 6.00. The molecular weight excluding hydrogens is 202 g/mol. The van der Waals surface area contributed by atoms with Gasteiger partial charge in [-0.05, 0) is 19.8 Å². The van der Waals surface area contributed by atoms with Crippen molar-refractivity contribution in [1.82, 2.24) is 4.90 Å². The largest absolute Gasteiger partial charge is 0.374 e. The molecule has 0 spiro atoms. The van der Waals surface area contributed by atoms with Crippen LogP contribution in [0.5, 0.6) is 0 Å². The molecule has 16 heavy (non-hydrogen) atoms. The van der Waals surface area contributed by atoms with E-state index in [2.05, 4.69) is 16.5 Å². The molecule has 2 saturated heterocycles. The highest BCUT2D eigenvalue weighted by Gasteiger charge is 2.28. The second-order valence-electron chi connectivity index (χ2n) is 4.73. The Labute approximate surface area is 97.2 Å². The molecule has 2 unspecified atom stereocenters. The normalized spacial score (nSPS) is 30.3. The minimum atomic E-state index is 0.174. The average Bonchev–Trinajstić information content (AvgIpc) is 2.59. The van der Waals surface area contributed by atoms with Gasteiger partial charge >= 0.3 is 0 Å². The van der Waals surface area contributed by atoms with Gasteiger partial charge in [0.05, 0.1) is 6.10 Å². The molecule has 0 amide bonds. The highest BCUT2D eigenvalue weighted by molar-refractivity contribution is 5.78. The van der Waals surface area contributed by atoms with Crippen molar-refractivity contribution in [3.05, 3.63) is 12.2 Å². The molecular formula is C12H21N3O. The number of hydrogen-bond donors (Lipinski definition) is 1. The topological polar surface area (TPSA) is 50.9 Å². The van der Waals surface area contributed by atoms with Gasteiger partial charge in [0.15, 0.2) is 5.96 Å². The number of guanidine groups is 1. The van der Waals surface area contributed by atoms with E-state index in [0.717, 1.165) is 38.2 Å². The Morgan fingerprint density at radius 1 is 1.56 bits per heavy atom. The highest BCUT2D eigenvalue weighted by atomic mass is 16.5. The van der Waals surface area contributed by atoms with E-state index in [1.165, 1.54) is 6.42 Å². The Morgan fingerprint density at radius 2 is 2.31 bits per heavy atom. The SMILES string of the molecule is C=C(C)C1OCCC1CN=C(N)N1CCC1. The number of nitrogens with two attached hydrogens (primary N) is 1. The van der Waals surface area contributed by atoms with Crippen LogP contribution >= 0.6 is 0 Å². The van der Waals surface area contributed by atoms with E-state index in [-0.39, 0.29) is 6.10 Å². The van der Waals surface area contributed by atoms with Crippen molar-refractivity contribution in [1.29, 1.82) is 0 Å². The summed E-state index contributed by atoms with van der Waals surface area (Å²) in [5, 5.41) is 0. The minimum Gasteiger partial charge on any atom is -0.374 e. The fourth-order valence-electron chi connectivity index (χ4n) is 2.22. The Bertz CT molecular complexity index is 297. The quantitative estimate of drug-likeness (QED) is 0.441. The van der Waals surface area contributed by atoms with Crippen molar-refractivity contribution >= 4 is 5.96 Å². The third-order valence-electron chi connectivity index (χ3n) is 3.37. The first-order chi connectivity index (χ1) is 7.68. The van der Waals surface area contributed by atoms with Crippen LogP contribution in [-0.4, -0.2) is 43.2 Å². The van der Waals surface area contributed by atoms with Crippen LogP contribution < -0.4 is 5.73 Å². The van der Waals surface area contributed by atoms with E-state index in [1.807, 2.05) is 6.92 Å². The fourth-order valence-corrected chi connectivity index (χ4v) is 2.22. The highest BCUT2D eigenvalue weighted by Crippen LogP contribution is 2.26. The molecule has 2 aliphatic heterocycles. The smallest absolute Gasteiger partial charge is 0.191 e.